The maximum atomic E-state index is 11.9. The molecule has 4 saturated heterocycles. The zero-order chi connectivity index (χ0) is 56.0. The molecule has 16 atom stereocenters. The standard InChI is InChI=1S/C14H21N5O2.C14H21N5O.C13H21N3O2.C13H20N2O3/c1-4-8-7(3)13(21-9(8)5-2)19-6-16-10-11(19)17-14(15)18-12(10)20;1-4-9-8(3)14(20-10(9)5-2)19-7-18-11-12(15)16-6-17-13(11)19;1-4-9-8(3)12(18-10(9)5-2)16-7-6-11(14)15-13(16)17;1-4-9-8(3)12(18-10(9)5-2)15-7-6-11(16)14-13(15)17/h6-9,13H,4-5H2,1-3H3,(H3,15,17,18,20);6-10,14H,4-5H2,1-3H3,(H2,15,16,17);6-10,12H,4-5H2,1-3H3,(H2,14,15,17);6-10,12H,4-5H2,1-3H3,(H,14,16,17)/t7-,8?,9+,13+;8-,9?,10+,14+;2*8-,9?,10+,12+/m0000/s1. The van der Waals surface area contributed by atoms with E-state index in [1.807, 2.05) is 9.13 Å². The predicted molar refractivity (Wildman–Crippen MR) is 295 cm³/mol. The van der Waals surface area contributed by atoms with Crippen LogP contribution < -0.4 is 39.7 Å². The van der Waals surface area contributed by atoms with Gasteiger partial charge in [0.1, 0.15) is 42.6 Å². The number of nitrogen functional groups attached to an aromatic ring is 3. The molecule has 8 N–H and O–H groups in total. The topological polar surface area (TPSA) is 312 Å². The lowest BCUT2D eigenvalue weighted by molar-refractivity contribution is -0.0176. The fourth-order valence-electron chi connectivity index (χ4n) is 12.7. The van der Waals surface area contributed by atoms with E-state index in [-0.39, 0.29) is 77.7 Å². The molecule has 4 fully saturated rings. The number of imidazole rings is 2. The number of nitrogens with one attached hydrogen (secondary N) is 2. The fraction of sp³-hybridized carbons (Fsp3) is 0.667. The van der Waals surface area contributed by atoms with Crippen molar-refractivity contribution in [2.24, 2.45) is 47.3 Å². The number of hydrogen-bond acceptors (Lipinski definition) is 17. The second-order valence-electron chi connectivity index (χ2n) is 21.0. The number of nitrogens with zero attached hydrogens (tertiary/aromatic N) is 10. The Morgan fingerprint density at radius 1 is 0.494 bits per heavy atom. The van der Waals surface area contributed by atoms with Crippen LogP contribution in [0, 0.1) is 47.3 Å². The van der Waals surface area contributed by atoms with Crippen LogP contribution in [0.3, 0.4) is 0 Å². The molecule has 4 aliphatic heterocycles. The molecule has 0 bridgehead atoms. The molecule has 6 aromatic rings. The Morgan fingerprint density at radius 2 is 0.922 bits per heavy atom. The number of rotatable bonds is 12. The maximum absolute atomic E-state index is 11.9. The van der Waals surface area contributed by atoms with E-state index in [4.69, 9.17) is 36.1 Å². The SMILES string of the molecule is CCC1[C@@H](CC)O[C@@H](n2ccc(=O)[nH]c2=O)[C@H]1C.CCC1[C@@H](CC)O[C@@H](n2ccc(N)nc2=O)[C@H]1C.CCC1[C@@H](CC)O[C@@H](n2cnc3c(=O)[nH]c(N)nc32)[C@H]1C.CCC1[C@@H](CC)O[C@@H](n2cnc3c(N)ncnc32)[C@H]1C. The van der Waals surface area contributed by atoms with Crippen molar-refractivity contribution in [1.29, 1.82) is 0 Å². The van der Waals surface area contributed by atoms with Crippen LogP contribution >= 0.6 is 0 Å². The molecule has 23 nitrogen and oxygen atoms in total. The summed E-state index contributed by atoms with van der Waals surface area (Å²) in [7, 11) is 0. The van der Waals surface area contributed by atoms with Gasteiger partial charge in [0, 0.05) is 42.1 Å². The lowest BCUT2D eigenvalue weighted by Gasteiger charge is -2.19. The van der Waals surface area contributed by atoms with Gasteiger partial charge in [-0.05, 0) is 55.4 Å². The number of hydrogen-bond donors (Lipinski definition) is 5. The monoisotopic (exact) mass is 1070 g/mol. The molecule has 0 aromatic carbocycles. The second kappa shape index (κ2) is 25.4. The van der Waals surface area contributed by atoms with E-state index in [0.29, 0.717) is 70.0 Å². The Bertz CT molecular complexity index is 3130. The lowest BCUT2D eigenvalue weighted by Crippen LogP contribution is -2.33. The first-order valence-corrected chi connectivity index (χ1v) is 27.8. The van der Waals surface area contributed by atoms with Gasteiger partial charge in [0.15, 0.2) is 22.6 Å². The molecule has 422 valence electrons. The molecular weight excluding hydrogens is 987 g/mol. The molecule has 4 unspecified atom stereocenters. The summed E-state index contributed by atoms with van der Waals surface area (Å²) in [6, 6.07) is 3.00. The maximum Gasteiger partial charge on any atom is 0.351 e. The second-order valence-corrected chi connectivity index (χ2v) is 21.0. The number of ether oxygens (including phenoxy) is 4. The Labute approximate surface area is 449 Å². The molecule has 0 radical (unpaired) electrons. The van der Waals surface area contributed by atoms with Crippen LogP contribution in [0.1, 0.15) is 159 Å². The molecule has 10 heterocycles. The molecule has 6 aromatic heterocycles. The number of nitrogens with two attached hydrogens (primary N) is 3. The summed E-state index contributed by atoms with van der Waals surface area (Å²) in [5.41, 5.74) is 17.7. The van der Waals surface area contributed by atoms with Crippen molar-refractivity contribution >= 4 is 39.9 Å². The summed E-state index contributed by atoms with van der Waals surface area (Å²) in [5.74, 6) is 4.12. The quantitative estimate of drug-likeness (QED) is 0.0799. The average Bonchev–Trinajstić information content (AvgIpc) is 4.33. The number of H-pyrrole nitrogens is 2. The Balaban J connectivity index is 0.000000149. The average molecular weight is 1070 g/mol. The minimum Gasteiger partial charge on any atom is -0.383 e. The third kappa shape index (κ3) is 11.9. The van der Waals surface area contributed by atoms with Crippen molar-refractivity contribution in [2.45, 2.75) is 184 Å². The van der Waals surface area contributed by atoms with Crippen molar-refractivity contribution < 1.29 is 18.9 Å². The number of aromatic nitrogens is 12. The van der Waals surface area contributed by atoms with Crippen LogP contribution in [-0.2, 0) is 18.9 Å². The molecule has 77 heavy (non-hydrogen) atoms. The van der Waals surface area contributed by atoms with Gasteiger partial charge in [-0.15, -0.1) is 0 Å². The molecule has 0 aliphatic carbocycles. The number of anilines is 3. The molecular formula is C54H83N15O8. The van der Waals surface area contributed by atoms with E-state index >= 15 is 0 Å². The van der Waals surface area contributed by atoms with Gasteiger partial charge in [-0.25, -0.2) is 29.5 Å². The molecule has 0 spiro atoms. The third-order valence-electron chi connectivity index (χ3n) is 16.8. The third-order valence-corrected chi connectivity index (χ3v) is 16.8. The number of aromatic amines is 2. The zero-order valence-corrected chi connectivity index (χ0v) is 46.9. The van der Waals surface area contributed by atoms with E-state index < -0.39 is 5.69 Å². The highest BCUT2D eigenvalue weighted by Gasteiger charge is 2.44. The highest BCUT2D eigenvalue weighted by Crippen LogP contribution is 2.45. The van der Waals surface area contributed by atoms with Crippen LogP contribution in [0.4, 0.5) is 17.6 Å². The van der Waals surface area contributed by atoms with Crippen molar-refractivity contribution in [3.8, 4) is 0 Å². The zero-order valence-electron chi connectivity index (χ0n) is 46.9. The van der Waals surface area contributed by atoms with Crippen LogP contribution in [0.5, 0.6) is 0 Å². The minimum absolute atomic E-state index is 0.0239. The highest BCUT2D eigenvalue weighted by molar-refractivity contribution is 5.81. The van der Waals surface area contributed by atoms with Crippen LogP contribution in [0.2, 0.25) is 0 Å². The normalized spacial score (nSPS) is 30.6. The van der Waals surface area contributed by atoms with Crippen molar-refractivity contribution in [3.05, 3.63) is 85.2 Å². The molecule has 10 rings (SSSR count). The molecule has 0 amide bonds. The summed E-state index contributed by atoms with van der Waals surface area (Å²) < 4.78 is 31.3. The predicted octanol–water partition coefficient (Wildman–Crippen LogP) is 7.35. The fourth-order valence-corrected chi connectivity index (χ4v) is 12.7. The van der Waals surface area contributed by atoms with Crippen molar-refractivity contribution in [2.75, 3.05) is 17.2 Å². The minimum atomic E-state index is -0.397. The first kappa shape index (κ1) is 58.4. The summed E-state index contributed by atoms with van der Waals surface area (Å²) in [6.45, 7) is 25.9. The van der Waals surface area contributed by atoms with Gasteiger partial charge < -0.3 is 36.1 Å². The van der Waals surface area contributed by atoms with Gasteiger partial charge in [-0.1, -0.05) is 109 Å². The van der Waals surface area contributed by atoms with E-state index in [2.05, 4.69) is 123 Å². The first-order chi connectivity index (χ1) is 36.9. The Morgan fingerprint density at radius 3 is 1.35 bits per heavy atom. The van der Waals surface area contributed by atoms with Crippen LogP contribution in [0.25, 0.3) is 22.3 Å². The smallest absolute Gasteiger partial charge is 0.351 e. The van der Waals surface area contributed by atoms with E-state index in [1.54, 1.807) is 29.5 Å². The van der Waals surface area contributed by atoms with Crippen LogP contribution in [-0.4, -0.2) is 82.6 Å². The summed E-state index contributed by atoms with van der Waals surface area (Å²) >= 11 is 0. The molecule has 4 aliphatic rings. The number of fused-ring (bicyclic) bond motifs is 2. The van der Waals surface area contributed by atoms with Gasteiger partial charge in [-0.2, -0.15) is 9.97 Å². The Kier molecular flexibility index (Phi) is 19.3. The Hall–Kier alpha value is -6.30. The summed E-state index contributed by atoms with van der Waals surface area (Å²) in [5, 5.41) is 0. The molecule has 23 heteroatoms. The van der Waals surface area contributed by atoms with Gasteiger partial charge in [0.25, 0.3) is 11.1 Å². The first-order valence-electron chi connectivity index (χ1n) is 27.8. The van der Waals surface area contributed by atoms with Gasteiger partial charge in [0.2, 0.25) is 5.95 Å². The highest BCUT2D eigenvalue weighted by atomic mass is 16.5. The van der Waals surface area contributed by atoms with E-state index in [1.165, 1.54) is 23.2 Å². The van der Waals surface area contributed by atoms with Gasteiger partial charge in [0.05, 0.1) is 37.1 Å². The van der Waals surface area contributed by atoms with Crippen molar-refractivity contribution in [3.63, 3.8) is 0 Å². The summed E-state index contributed by atoms with van der Waals surface area (Å²) in [6.07, 6.45) is 16.5. The van der Waals surface area contributed by atoms with E-state index in [0.717, 1.165) is 57.0 Å². The summed E-state index contributed by atoms with van der Waals surface area (Å²) in [4.78, 5) is 76.1. The van der Waals surface area contributed by atoms with Gasteiger partial charge >= 0.3 is 11.4 Å². The largest absolute Gasteiger partial charge is 0.383 e. The van der Waals surface area contributed by atoms with Crippen LogP contribution in [0.15, 0.2) is 62.7 Å². The lowest BCUT2D eigenvalue weighted by atomic mass is 9.87. The van der Waals surface area contributed by atoms with E-state index in [9.17, 15) is 19.2 Å². The van der Waals surface area contributed by atoms with Gasteiger partial charge in [-0.3, -0.25) is 37.8 Å². The molecule has 0 saturated carbocycles. The van der Waals surface area contributed by atoms with Crippen molar-refractivity contribution in [1.82, 2.24) is 58.1 Å².